The molecule has 3 N–H and O–H groups in total. The first-order chi connectivity index (χ1) is 15.1. The summed E-state index contributed by atoms with van der Waals surface area (Å²) in [5.41, 5.74) is 8.86. The lowest BCUT2D eigenvalue weighted by Crippen LogP contribution is -2.39. The number of aryl methyl sites for hydroxylation is 1. The molecule has 0 radical (unpaired) electrons. The molecule has 1 aromatic carbocycles. The largest absolute Gasteiger partial charge is 0.391 e. The molecular weight excluding hydrogens is 462 g/mol. The summed E-state index contributed by atoms with van der Waals surface area (Å²) in [5.74, 6) is -0.237. The number of halogens is 5. The number of hydrogen-bond acceptors (Lipinski definition) is 4. The van der Waals surface area contributed by atoms with Crippen LogP contribution in [0.2, 0.25) is 5.02 Å². The van der Waals surface area contributed by atoms with Crippen LogP contribution in [-0.4, -0.2) is 35.4 Å². The maximum Gasteiger partial charge on any atom is 0.391 e. The lowest BCUT2D eigenvalue weighted by Gasteiger charge is -2.34. The molecule has 0 spiro atoms. The number of nitrogens with one attached hydrogen (secondary N) is 1. The maximum atomic E-state index is 13.0. The first-order valence-electron chi connectivity index (χ1n) is 10.6. The van der Waals surface area contributed by atoms with Gasteiger partial charge in [0, 0.05) is 20.1 Å². The van der Waals surface area contributed by atoms with Crippen molar-refractivity contribution in [2.45, 2.75) is 25.9 Å². The third kappa shape index (κ3) is 4.45. The number of fused-ring (bicyclic) bond motifs is 1. The monoisotopic (exact) mass is 487 g/mol. The Labute approximate surface area is 195 Å². The third-order valence-corrected chi connectivity index (χ3v) is 7.12. The lowest BCUT2D eigenvalue weighted by molar-refractivity contribution is -0.179. The van der Waals surface area contributed by atoms with Crippen molar-refractivity contribution in [3.8, 4) is 0 Å². The number of imidazole rings is 1. The SMILES string of the molecule is CC1C=C(Cl)C(Nc2nc3cc(Cl)c(N4CCC(C(F)(F)F)CC4)cc3n2C)=CC1CN. The molecule has 1 saturated heterocycles. The van der Waals surface area contributed by atoms with E-state index in [2.05, 4.69) is 17.2 Å². The van der Waals surface area contributed by atoms with Gasteiger partial charge in [0.05, 0.1) is 38.4 Å². The first-order valence-corrected chi connectivity index (χ1v) is 11.4. The Balaban J connectivity index is 1.59. The molecular formula is C22H26Cl2F3N5. The predicted octanol–water partition coefficient (Wildman–Crippen LogP) is 5.65. The van der Waals surface area contributed by atoms with Gasteiger partial charge in [0.25, 0.3) is 0 Å². The van der Waals surface area contributed by atoms with E-state index in [1.54, 1.807) is 6.07 Å². The molecule has 0 amide bonds. The van der Waals surface area contributed by atoms with Crippen LogP contribution in [0.25, 0.3) is 11.0 Å². The Hall–Kier alpha value is -1.90. The van der Waals surface area contributed by atoms with Crippen LogP contribution < -0.4 is 16.0 Å². The van der Waals surface area contributed by atoms with Gasteiger partial charge >= 0.3 is 6.18 Å². The number of rotatable bonds is 4. The minimum absolute atomic E-state index is 0.0653. The summed E-state index contributed by atoms with van der Waals surface area (Å²) in [6.07, 6.45) is -0.0165. The number of allylic oxidation sites excluding steroid dienone is 2. The Bertz CT molecular complexity index is 1070. The number of nitrogens with two attached hydrogens (primary N) is 1. The third-order valence-electron chi connectivity index (χ3n) is 6.49. The van der Waals surface area contributed by atoms with Crippen molar-refractivity contribution >= 4 is 45.9 Å². The number of benzene rings is 1. The van der Waals surface area contributed by atoms with E-state index < -0.39 is 12.1 Å². The number of hydrogen-bond donors (Lipinski definition) is 2. The van der Waals surface area contributed by atoms with Crippen molar-refractivity contribution in [3.63, 3.8) is 0 Å². The fourth-order valence-electron chi connectivity index (χ4n) is 4.40. The van der Waals surface area contributed by atoms with E-state index >= 15 is 0 Å². The highest BCUT2D eigenvalue weighted by atomic mass is 35.5. The van der Waals surface area contributed by atoms with Gasteiger partial charge in [-0.15, -0.1) is 0 Å². The van der Waals surface area contributed by atoms with Crippen LogP contribution in [0.4, 0.5) is 24.8 Å². The van der Waals surface area contributed by atoms with Gasteiger partial charge in [-0.1, -0.05) is 42.3 Å². The van der Waals surface area contributed by atoms with Crippen LogP contribution in [0.15, 0.2) is 35.0 Å². The van der Waals surface area contributed by atoms with E-state index in [0.717, 1.165) is 16.9 Å². The summed E-state index contributed by atoms with van der Waals surface area (Å²) in [6.45, 7) is 3.21. The molecule has 1 aliphatic carbocycles. The van der Waals surface area contributed by atoms with Crippen molar-refractivity contribution in [2.24, 2.45) is 30.5 Å². The highest BCUT2D eigenvalue weighted by Crippen LogP contribution is 2.39. The molecule has 5 nitrogen and oxygen atoms in total. The zero-order chi connectivity index (χ0) is 23.2. The molecule has 2 heterocycles. The van der Waals surface area contributed by atoms with Crippen LogP contribution in [0.3, 0.4) is 0 Å². The van der Waals surface area contributed by atoms with Crippen LogP contribution >= 0.6 is 23.2 Å². The van der Waals surface area contributed by atoms with E-state index in [1.165, 1.54) is 0 Å². The molecule has 0 saturated carbocycles. The number of nitrogens with zero attached hydrogens (tertiary/aromatic N) is 3. The molecule has 2 aliphatic rings. The van der Waals surface area contributed by atoms with Crippen LogP contribution in [0.5, 0.6) is 0 Å². The summed E-state index contributed by atoms with van der Waals surface area (Å²) < 4.78 is 40.9. The summed E-state index contributed by atoms with van der Waals surface area (Å²) in [4.78, 5) is 6.56. The average Bonchev–Trinajstić information content (AvgIpc) is 3.03. The molecule has 0 bridgehead atoms. The van der Waals surface area contributed by atoms with Crippen molar-refractivity contribution < 1.29 is 13.2 Å². The van der Waals surface area contributed by atoms with Crippen molar-refractivity contribution in [3.05, 3.63) is 40.0 Å². The maximum absolute atomic E-state index is 13.0. The van der Waals surface area contributed by atoms with E-state index in [1.807, 2.05) is 34.7 Å². The molecule has 1 aromatic heterocycles. The van der Waals surface area contributed by atoms with Crippen LogP contribution in [0.1, 0.15) is 19.8 Å². The molecule has 1 fully saturated rings. The van der Waals surface area contributed by atoms with Gasteiger partial charge in [-0.05, 0) is 43.4 Å². The Morgan fingerprint density at radius 1 is 1.19 bits per heavy atom. The Morgan fingerprint density at radius 2 is 1.88 bits per heavy atom. The molecule has 2 atom stereocenters. The van der Waals surface area contributed by atoms with Crippen molar-refractivity contribution in [2.75, 3.05) is 29.9 Å². The van der Waals surface area contributed by atoms with Gasteiger partial charge in [0.1, 0.15) is 0 Å². The zero-order valence-corrected chi connectivity index (χ0v) is 19.4. The Morgan fingerprint density at radius 3 is 2.50 bits per heavy atom. The molecule has 4 rings (SSSR count). The molecule has 1 aliphatic heterocycles. The number of piperidine rings is 1. The summed E-state index contributed by atoms with van der Waals surface area (Å²) in [6, 6.07) is 3.64. The lowest BCUT2D eigenvalue weighted by atomic mass is 9.89. The van der Waals surface area contributed by atoms with E-state index in [0.29, 0.717) is 41.2 Å². The van der Waals surface area contributed by atoms with Crippen molar-refractivity contribution in [1.82, 2.24) is 9.55 Å². The van der Waals surface area contributed by atoms with Crippen molar-refractivity contribution in [1.29, 1.82) is 0 Å². The average molecular weight is 488 g/mol. The summed E-state index contributed by atoms with van der Waals surface area (Å²) >= 11 is 12.9. The van der Waals surface area contributed by atoms with Gasteiger partial charge in [-0.25, -0.2) is 4.98 Å². The van der Waals surface area contributed by atoms with Gasteiger partial charge in [0.15, 0.2) is 0 Å². The predicted molar refractivity (Wildman–Crippen MR) is 124 cm³/mol. The van der Waals surface area contributed by atoms with Gasteiger partial charge < -0.3 is 20.5 Å². The Kier molecular flexibility index (Phi) is 6.40. The topological polar surface area (TPSA) is 59.1 Å². The van der Waals surface area contributed by atoms with E-state index in [-0.39, 0.29) is 24.7 Å². The second kappa shape index (κ2) is 8.80. The van der Waals surface area contributed by atoms with E-state index in [4.69, 9.17) is 28.9 Å². The normalized spacial score (nSPS) is 22.8. The van der Waals surface area contributed by atoms with E-state index in [9.17, 15) is 13.2 Å². The van der Waals surface area contributed by atoms with Crippen LogP contribution in [-0.2, 0) is 7.05 Å². The first kappa shape index (κ1) is 23.3. The molecule has 174 valence electrons. The zero-order valence-electron chi connectivity index (χ0n) is 17.9. The number of alkyl halides is 3. The highest BCUT2D eigenvalue weighted by molar-refractivity contribution is 6.34. The molecule has 2 unspecified atom stereocenters. The minimum atomic E-state index is -4.15. The standard InChI is InChI=1S/C22H26Cl2F3N5/c1-12-7-15(23)17(8-13(12)11-28)29-21-30-18-9-16(24)19(10-20(18)31(21)2)32-5-3-14(4-6-32)22(25,26)27/h7-10,12-14H,3-6,11,28H2,1-2H3,(H,29,30). The second-order valence-electron chi connectivity index (χ2n) is 8.57. The molecule has 32 heavy (non-hydrogen) atoms. The quantitative estimate of drug-likeness (QED) is 0.584. The fourth-order valence-corrected chi connectivity index (χ4v) is 4.98. The fraction of sp³-hybridized carbons (Fsp3) is 0.500. The van der Waals surface area contributed by atoms with Crippen LogP contribution in [0, 0.1) is 17.8 Å². The van der Waals surface area contributed by atoms with Gasteiger partial charge in [0.2, 0.25) is 5.95 Å². The number of anilines is 2. The number of aromatic nitrogens is 2. The van der Waals surface area contributed by atoms with Gasteiger partial charge in [-0.3, -0.25) is 0 Å². The smallest absolute Gasteiger partial charge is 0.370 e. The van der Waals surface area contributed by atoms with Gasteiger partial charge in [-0.2, -0.15) is 13.2 Å². The second-order valence-corrected chi connectivity index (χ2v) is 9.38. The molecule has 10 heteroatoms. The summed E-state index contributed by atoms with van der Waals surface area (Å²) in [5, 5.41) is 4.37. The molecule has 2 aromatic rings. The minimum Gasteiger partial charge on any atom is -0.370 e. The highest BCUT2D eigenvalue weighted by Gasteiger charge is 2.41. The summed E-state index contributed by atoms with van der Waals surface area (Å²) in [7, 11) is 1.87.